The minimum atomic E-state index is 0.660. The van der Waals surface area contributed by atoms with Crippen LogP contribution in [-0.2, 0) is 0 Å². The molecule has 0 bridgehead atoms. The van der Waals surface area contributed by atoms with Crippen LogP contribution in [0.1, 0.15) is 43.2 Å². The first-order valence-electron chi connectivity index (χ1n) is 9.55. The van der Waals surface area contributed by atoms with Crippen molar-refractivity contribution in [1.29, 1.82) is 0 Å². The summed E-state index contributed by atoms with van der Waals surface area (Å²) in [5, 5.41) is 5.67. The molecule has 6 heteroatoms. The predicted molar refractivity (Wildman–Crippen MR) is 119 cm³/mol. The molecule has 1 N–H and O–H groups in total. The summed E-state index contributed by atoms with van der Waals surface area (Å²) >= 11 is 14.0. The minimum absolute atomic E-state index is 0.660. The van der Waals surface area contributed by atoms with Crippen LogP contribution in [0.25, 0.3) is 16.3 Å². The van der Waals surface area contributed by atoms with Gasteiger partial charge >= 0.3 is 0 Å². The molecule has 1 aliphatic heterocycles. The Hall–Kier alpha value is -1.07. The third-order valence-corrected chi connectivity index (χ3v) is 6.95. The molecule has 1 atom stereocenters. The summed E-state index contributed by atoms with van der Waals surface area (Å²) < 4.78 is 0. The zero-order valence-electron chi connectivity index (χ0n) is 16.0. The molecule has 1 aromatic heterocycles. The van der Waals surface area contributed by atoms with Gasteiger partial charge in [-0.25, -0.2) is 4.98 Å². The van der Waals surface area contributed by atoms with E-state index in [1.807, 2.05) is 19.1 Å². The maximum absolute atomic E-state index is 6.33. The molecule has 0 saturated carbocycles. The van der Waals surface area contributed by atoms with Crippen molar-refractivity contribution < 1.29 is 0 Å². The van der Waals surface area contributed by atoms with Gasteiger partial charge in [-0.2, -0.15) is 0 Å². The standard InChI is InChI=1S/C21H27Cl2N3S/c1-14-7-4-5-11-26(14)12-6-10-24-15(2)20-16(3)25-21(27-20)18-13-17(22)8-9-19(18)23/h8-9,13-14,24H,2,4-7,10-12H2,1,3H3. The van der Waals surface area contributed by atoms with E-state index in [2.05, 4.69) is 28.7 Å². The van der Waals surface area contributed by atoms with Gasteiger partial charge in [-0.05, 0) is 57.9 Å². The molecule has 0 spiro atoms. The zero-order chi connectivity index (χ0) is 19.4. The molecular weight excluding hydrogens is 397 g/mol. The number of nitrogens with zero attached hydrogens (tertiary/aromatic N) is 2. The van der Waals surface area contributed by atoms with E-state index in [9.17, 15) is 0 Å². The SMILES string of the molecule is C=C(NCCCN1CCCCC1C)c1sc(-c2cc(Cl)ccc2Cl)nc1C. The second kappa shape index (κ2) is 9.42. The lowest BCUT2D eigenvalue weighted by Gasteiger charge is -2.33. The molecule has 0 radical (unpaired) electrons. The summed E-state index contributed by atoms with van der Waals surface area (Å²) in [4.78, 5) is 8.36. The number of benzene rings is 1. The molecule has 3 nitrogen and oxygen atoms in total. The van der Waals surface area contributed by atoms with Gasteiger partial charge in [0.2, 0.25) is 0 Å². The molecule has 1 unspecified atom stereocenters. The number of piperidine rings is 1. The Morgan fingerprint density at radius 1 is 1.37 bits per heavy atom. The molecule has 3 rings (SSSR count). The lowest BCUT2D eigenvalue weighted by molar-refractivity contribution is 0.159. The van der Waals surface area contributed by atoms with Crippen LogP contribution >= 0.6 is 34.5 Å². The Bertz CT molecular complexity index is 803. The van der Waals surface area contributed by atoms with Crippen LogP contribution in [0.4, 0.5) is 0 Å². The van der Waals surface area contributed by atoms with Crippen molar-refractivity contribution in [1.82, 2.24) is 15.2 Å². The topological polar surface area (TPSA) is 28.2 Å². The van der Waals surface area contributed by atoms with Gasteiger partial charge < -0.3 is 10.2 Å². The highest BCUT2D eigenvalue weighted by molar-refractivity contribution is 7.16. The fraction of sp³-hybridized carbons (Fsp3) is 0.476. The van der Waals surface area contributed by atoms with Gasteiger partial charge in [0, 0.05) is 35.4 Å². The third kappa shape index (κ3) is 5.26. The number of aromatic nitrogens is 1. The second-order valence-electron chi connectivity index (χ2n) is 7.20. The monoisotopic (exact) mass is 423 g/mol. The predicted octanol–water partition coefficient (Wildman–Crippen LogP) is 6.25. The van der Waals surface area contributed by atoms with Crippen molar-refractivity contribution in [3.05, 3.63) is 45.4 Å². The number of halogens is 2. The minimum Gasteiger partial charge on any atom is -0.384 e. The number of nitrogens with one attached hydrogen (secondary N) is 1. The van der Waals surface area contributed by atoms with E-state index in [0.717, 1.165) is 52.4 Å². The highest BCUT2D eigenvalue weighted by Crippen LogP contribution is 2.36. The average molecular weight is 424 g/mol. The number of rotatable bonds is 7. The van der Waals surface area contributed by atoms with Gasteiger partial charge in [-0.15, -0.1) is 11.3 Å². The normalized spacial score (nSPS) is 17.9. The molecular formula is C21H27Cl2N3S. The van der Waals surface area contributed by atoms with Gasteiger partial charge in [0.05, 0.1) is 15.6 Å². The van der Waals surface area contributed by atoms with Crippen LogP contribution in [0.3, 0.4) is 0 Å². The Kier molecular flexibility index (Phi) is 7.21. The van der Waals surface area contributed by atoms with Crippen LogP contribution < -0.4 is 5.32 Å². The Labute approximate surface area is 176 Å². The quantitative estimate of drug-likeness (QED) is 0.533. The summed E-state index contributed by atoms with van der Waals surface area (Å²) in [6, 6.07) is 6.18. The highest BCUT2D eigenvalue weighted by Gasteiger charge is 2.18. The van der Waals surface area contributed by atoms with Gasteiger partial charge in [0.1, 0.15) is 5.01 Å². The van der Waals surface area contributed by atoms with Crippen molar-refractivity contribution in [2.45, 2.75) is 45.6 Å². The smallest absolute Gasteiger partial charge is 0.125 e. The fourth-order valence-electron chi connectivity index (χ4n) is 3.54. The Morgan fingerprint density at radius 2 is 2.19 bits per heavy atom. The lowest BCUT2D eigenvalue weighted by atomic mass is 10.0. The fourth-order valence-corrected chi connectivity index (χ4v) is 5.02. The van der Waals surface area contributed by atoms with Gasteiger partial charge in [0.15, 0.2) is 0 Å². The first kappa shape index (κ1) is 20.7. The van der Waals surface area contributed by atoms with E-state index >= 15 is 0 Å². The molecule has 1 aromatic carbocycles. The largest absolute Gasteiger partial charge is 0.384 e. The van der Waals surface area contributed by atoms with E-state index in [1.165, 1.54) is 25.8 Å². The number of likely N-dealkylation sites (tertiary alicyclic amines) is 1. The van der Waals surface area contributed by atoms with Crippen LogP contribution in [0.15, 0.2) is 24.8 Å². The van der Waals surface area contributed by atoms with Crippen LogP contribution in [0.5, 0.6) is 0 Å². The van der Waals surface area contributed by atoms with E-state index in [4.69, 9.17) is 23.2 Å². The molecule has 1 fully saturated rings. The van der Waals surface area contributed by atoms with Crippen molar-refractivity contribution >= 4 is 40.2 Å². The van der Waals surface area contributed by atoms with Gasteiger partial charge in [0.25, 0.3) is 0 Å². The maximum atomic E-state index is 6.33. The lowest BCUT2D eigenvalue weighted by Crippen LogP contribution is -2.38. The number of hydrogen-bond donors (Lipinski definition) is 1. The summed E-state index contributed by atoms with van der Waals surface area (Å²) in [5.74, 6) is 0. The summed E-state index contributed by atoms with van der Waals surface area (Å²) in [5.41, 5.74) is 2.77. The van der Waals surface area contributed by atoms with E-state index in [-0.39, 0.29) is 0 Å². The number of aryl methyl sites for hydroxylation is 1. The molecule has 2 aromatic rings. The number of hydrogen-bond acceptors (Lipinski definition) is 4. The molecule has 27 heavy (non-hydrogen) atoms. The van der Waals surface area contributed by atoms with Crippen molar-refractivity contribution in [2.24, 2.45) is 0 Å². The average Bonchev–Trinajstić information content (AvgIpc) is 3.03. The van der Waals surface area contributed by atoms with Crippen molar-refractivity contribution in [3.8, 4) is 10.6 Å². The van der Waals surface area contributed by atoms with Gasteiger partial charge in [-0.1, -0.05) is 36.2 Å². The third-order valence-electron chi connectivity index (χ3n) is 5.13. The van der Waals surface area contributed by atoms with E-state index < -0.39 is 0 Å². The molecule has 1 saturated heterocycles. The molecule has 0 aliphatic carbocycles. The summed E-state index contributed by atoms with van der Waals surface area (Å²) in [6.45, 7) is 11.9. The Morgan fingerprint density at radius 3 is 2.96 bits per heavy atom. The van der Waals surface area contributed by atoms with Crippen molar-refractivity contribution in [2.75, 3.05) is 19.6 Å². The summed E-state index contributed by atoms with van der Waals surface area (Å²) in [6.07, 6.45) is 5.15. The van der Waals surface area contributed by atoms with Crippen LogP contribution in [0, 0.1) is 6.92 Å². The molecule has 146 valence electrons. The maximum Gasteiger partial charge on any atom is 0.125 e. The first-order valence-corrected chi connectivity index (χ1v) is 11.1. The zero-order valence-corrected chi connectivity index (χ0v) is 18.4. The molecule has 1 aliphatic rings. The number of thiazole rings is 1. The summed E-state index contributed by atoms with van der Waals surface area (Å²) in [7, 11) is 0. The van der Waals surface area contributed by atoms with Crippen molar-refractivity contribution in [3.63, 3.8) is 0 Å². The van der Waals surface area contributed by atoms with Crippen LogP contribution in [0.2, 0.25) is 10.0 Å². The molecule has 2 heterocycles. The molecule has 0 amide bonds. The van der Waals surface area contributed by atoms with E-state index in [1.54, 1.807) is 17.4 Å². The van der Waals surface area contributed by atoms with Gasteiger partial charge in [-0.3, -0.25) is 0 Å². The first-order chi connectivity index (χ1) is 13.0. The highest BCUT2D eigenvalue weighted by atomic mass is 35.5. The second-order valence-corrected chi connectivity index (χ2v) is 9.04. The Balaban J connectivity index is 1.57. The van der Waals surface area contributed by atoms with Crippen LogP contribution in [-0.4, -0.2) is 35.6 Å². The van der Waals surface area contributed by atoms with E-state index in [0.29, 0.717) is 10.0 Å².